The zero-order valence-corrected chi connectivity index (χ0v) is 19.6. The van der Waals surface area contributed by atoms with Crippen LogP contribution in [0.1, 0.15) is 17.2 Å². The summed E-state index contributed by atoms with van der Waals surface area (Å²) in [6.45, 7) is 0.842. The number of anilines is 1. The van der Waals surface area contributed by atoms with Crippen molar-refractivity contribution < 1.29 is 24.0 Å². The Morgan fingerprint density at radius 1 is 1.06 bits per heavy atom. The van der Waals surface area contributed by atoms with Crippen LogP contribution in [0.25, 0.3) is 0 Å². The van der Waals surface area contributed by atoms with Crippen molar-refractivity contribution in [2.45, 2.75) is 18.7 Å². The van der Waals surface area contributed by atoms with Gasteiger partial charge in [-0.2, -0.15) is 5.06 Å². The summed E-state index contributed by atoms with van der Waals surface area (Å²) in [5.74, 6) is -1.67. The van der Waals surface area contributed by atoms with Gasteiger partial charge in [0, 0.05) is 33.4 Å². The lowest BCUT2D eigenvalue weighted by Crippen LogP contribution is -2.41. The first-order valence-corrected chi connectivity index (χ1v) is 11.3. The third kappa shape index (κ3) is 4.82. The normalized spacial score (nSPS) is 22.2. The fourth-order valence-corrected chi connectivity index (χ4v) is 4.42. The molecular formula is C25H30N4O5. The van der Waals surface area contributed by atoms with E-state index in [0.29, 0.717) is 13.2 Å². The van der Waals surface area contributed by atoms with Crippen LogP contribution in [-0.4, -0.2) is 74.7 Å². The highest BCUT2D eigenvalue weighted by Crippen LogP contribution is 2.45. The molecule has 0 spiro atoms. The molecule has 9 heteroatoms. The SMILES string of the molecule is COCCNC(=O)CN1OC2C(=O)N(Cc3ccccc3)C(=O)C2C1c1ccc(N(C)C)cc1. The lowest BCUT2D eigenvalue weighted by atomic mass is 9.90. The molecular weight excluding hydrogens is 436 g/mol. The van der Waals surface area contributed by atoms with E-state index < -0.39 is 18.1 Å². The molecule has 4 rings (SSSR count). The Bertz CT molecular complexity index is 1030. The molecule has 2 fully saturated rings. The lowest BCUT2D eigenvalue weighted by molar-refractivity contribution is -0.182. The van der Waals surface area contributed by atoms with Crippen LogP contribution < -0.4 is 10.2 Å². The molecule has 1 N–H and O–H groups in total. The van der Waals surface area contributed by atoms with Crippen molar-refractivity contribution >= 4 is 23.4 Å². The average Bonchev–Trinajstić information content (AvgIpc) is 3.30. The smallest absolute Gasteiger partial charge is 0.261 e. The Morgan fingerprint density at radius 2 is 1.76 bits per heavy atom. The van der Waals surface area contributed by atoms with Crippen LogP contribution >= 0.6 is 0 Å². The van der Waals surface area contributed by atoms with Crippen LogP contribution in [0.3, 0.4) is 0 Å². The van der Waals surface area contributed by atoms with Gasteiger partial charge in [0.2, 0.25) is 11.8 Å². The molecule has 0 aromatic heterocycles. The second-order valence-electron chi connectivity index (χ2n) is 8.65. The Kier molecular flexibility index (Phi) is 7.26. The van der Waals surface area contributed by atoms with Gasteiger partial charge in [-0.15, -0.1) is 0 Å². The molecule has 3 amide bonds. The van der Waals surface area contributed by atoms with Crippen molar-refractivity contribution in [1.29, 1.82) is 0 Å². The van der Waals surface area contributed by atoms with E-state index in [1.807, 2.05) is 73.6 Å². The van der Waals surface area contributed by atoms with Crippen LogP contribution in [0.15, 0.2) is 54.6 Å². The molecule has 0 aliphatic carbocycles. The number of hydroxylamine groups is 2. The minimum Gasteiger partial charge on any atom is -0.383 e. The third-order valence-corrected chi connectivity index (χ3v) is 6.15. The van der Waals surface area contributed by atoms with Gasteiger partial charge in [0.05, 0.1) is 25.1 Å². The van der Waals surface area contributed by atoms with Gasteiger partial charge in [0.25, 0.3) is 5.91 Å². The predicted octanol–water partition coefficient (Wildman–Crippen LogP) is 1.36. The fraction of sp³-hybridized carbons (Fsp3) is 0.400. The third-order valence-electron chi connectivity index (χ3n) is 6.15. The molecule has 2 heterocycles. The molecule has 3 unspecified atom stereocenters. The number of hydrogen-bond donors (Lipinski definition) is 1. The maximum absolute atomic E-state index is 13.5. The standard InChI is InChI=1S/C25H30N4O5/c1-27(2)19-11-9-18(10-12-19)22-21-23(34-29(22)16-20(30)26-13-14-33-3)25(32)28(24(21)31)15-17-7-5-4-6-8-17/h4-12,21-23H,13-16H2,1-3H3,(H,26,30). The molecule has 180 valence electrons. The van der Waals surface area contributed by atoms with Crippen LogP contribution in [0.2, 0.25) is 0 Å². The number of rotatable bonds is 9. The molecule has 2 aliphatic rings. The van der Waals surface area contributed by atoms with Crippen molar-refractivity contribution in [3.05, 3.63) is 65.7 Å². The highest BCUT2D eigenvalue weighted by atomic mass is 16.7. The topological polar surface area (TPSA) is 91.4 Å². The second-order valence-corrected chi connectivity index (χ2v) is 8.65. The van der Waals surface area contributed by atoms with Crippen molar-refractivity contribution in [2.75, 3.05) is 45.8 Å². The highest BCUT2D eigenvalue weighted by Gasteiger charge is 2.59. The minimum absolute atomic E-state index is 0.101. The van der Waals surface area contributed by atoms with Crippen LogP contribution in [0, 0.1) is 5.92 Å². The first kappa shape index (κ1) is 23.9. The largest absolute Gasteiger partial charge is 0.383 e. The van der Waals surface area contributed by atoms with Gasteiger partial charge in [0.1, 0.15) is 6.54 Å². The van der Waals surface area contributed by atoms with Gasteiger partial charge in [-0.25, -0.2) is 0 Å². The highest BCUT2D eigenvalue weighted by molar-refractivity contribution is 6.07. The fourth-order valence-electron chi connectivity index (χ4n) is 4.42. The molecule has 9 nitrogen and oxygen atoms in total. The monoisotopic (exact) mass is 466 g/mol. The number of imide groups is 1. The first-order valence-electron chi connectivity index (χ1n) is 11.3. The summed E-state index contributed by atoms with van der Waals surface area (Å²) in [7, 11) is 5.45. The van der Waals surface area contributed by atoms with Crippen LogP contribution in [0.4, 0.5) is 5.69 Å². The number of ether oxygens (including phenoxy) is 1. The molecule has 0 saturated carbocycles. The summed E-state index contributed by atoms with van der Waals surface area (Å²) >= 11 is 0. The molecule has 3 atom stereocenters. The van der Waals surface area contributed by atoms with Gasteiger partial charge in [-0.1, -0.05) is 42.5 Å². The number of benzene rings is 2. The molecule has 0 radical (unpaired) electrons. The zero-order valence-electron chi connectivity index (χ0n) is 19.6. The van der Waals surface area contributed by atoms with Gasteiger partial charge < -0.3 is 15.0 Å². The molecule has 2 aromatic carbocycles. The quantitative estimate of drug-likeness (QED) is 0.441. The van der Waals surface area contributed by atoms with Crippen molar-refractivity contribution in [3.63, 3.8) is 0 Å². The Morgan fingerprint density at radius 3 is 2.41 bits per heavy atom. The molecule has 2 aliphatic heterocycles. The van der Waals surface area contributed by atoms with E-state index >= 15 is 0 Å². The maximum Gasteiger partial charge on any atom is 0.261 e. The van der Waals surface area contributed by atoms with Crippen molar-refractivity contribution in [2.24, 2.45) is 5.92 Å². The summed E-state index contributed by atoms with van der Waals surface area (Å²) in [5, 5.41) is 4.23. The minimum atomic E-state index is -0.957. The summed E-state index contributed by atoms with van der Waals surface area (Å²) in [6, 6.07) is 16.5. The molecule has 0 bridgehead atoms. The van der Waals surface area contributed by atoms with E-state index in [4.69, 9.17) is 9.57 Å². The van der Waals surface area contributed by atoms with E-state index in [0.717, 1.165) is 16.8 Å². The van der Waals surface area contributed by atoms with Crippen molar-refractivity contribution in [3.8, 4) is 0 Å². The van der Waals surface area contributed by atoms with E-state index in [9.17, 15) is 14.4 Å². The van der Waals surface area contributed by atoms with E-state index in [-0.39, 0.29) is 30.8 Å². The summed E-state index contributed by atoms with van der Waals surface area (Å²) in [6.07, 6.45) is -0.957. The number of carbonyl (C=O) groups is 3. The van der Waals surface area contributed by atoms with E-state index in [1.54, 1.807) is 7.11 Å². The van der Waals surface area contributed by atoms with Crippen LogP contribution in [0.5, 0.6) is 0 Å². The molecule has 34 heavy (non-hydrogen) atoms. The van der Waals surface area contributed by atoms with E-state index in [2.05, 4.69) is 5.32 Å². The van der Waals surface area contributed by atoms with Gasteiger partial charge in [-0.3, -0.25) is 24.1 Å². The Balaban J connectivity index is 1.59. The van der Waals surface area contributed by atoms with E-state index in [1.165, 1.54) is 9.96 Å². The number of carbonyl (C=O) groups excluding carboxylic acids is 3. The average molecular weight is 467 g/mol. The number of hydrogen-bond acceptors (Lipinski definition) is 7. The predicted molar refractivity (Wildman–Crippen MR) is 125 cm³/mol. The Labute approximate surface area is 199 Å². The number of methoxy groups -OCH3 is 1. The summed E-state index contributed by atoms with van der Waals surface area (Å²) in [5.41, 5.74) is 2.68. The number of nitrogens with one attached hydrogen (secondary N) is 1. The first-order chi connectivity index (χ1) is 16.4. The van der Waals surface area contributed by atoms with Gasteiger partial charge >= 0.3 is 0 Å². The summed E-state index contributed by atoms with van der Waals surface area (Å²) < 4.78 is 4.97. The lowest BCUT2D eigenvalue weighted by Gasteiger charge is -2.27. The number of amides is 3. The Hall–Kier alpha value is -3.27. The van der Waals surface area contributed by atoms with Gasteiger partial charge in [-0.05, 0) is 23.3 Å². The van der Waals surface area contributed by atoms with Crippen molar-refractivity contribution in [1.82, 2.24) is 15.3 Å². The number of fused-ring (bicyclic) bond motifs is 1. The number of likely N-dealkylation sites (tertiary alicyclic amines) is 1. The van der Waals surface area contributed by atoms with Gasteiger partial charge in [0.15, 0.2) is 6.10 Å². The zero-order chi connectivity index (χ0) is 24.2. The molecule has 2 aromatic rings. The number of nitrogens with zero attached hydrogens (tertiary/aromatic N) is 3. The van der Waals surface area contributed by atoms with Crippen LogP contribution in [-0.2, 0) is 30.5 Å². The summed E-state index contributed by atoms with van der Waals surface area (Å²) in [4.78, 5) is 48.4. The maximum atomic E-state index is 13.5. The molecule has 2 saturated heterocycles. The second kappa shape index (κ2) is 10.3.